The fourth-order valence-electron chi connectivity index (χ4n) is 3.46. The number of rotatable bonds is 12. The van der Waals surface area contributed by atoms with Crippen molar-refractivity contribution >= 4 is 43.8 Å². The largest absolute Gasteiger partial charge is 0.495 e. The third-order valence-electron chi connectivity index (χ3n) is 5.22. The molecule has 1 N–H and O–H groups in total. The van der Waals surface area contributed by atoms with Gasteiger partial charge in [-0.25, -0.2) is 13.8 Å². The van der Waals surface area contributed by atoms with E-state index in [4.69, 9.17) is 14.2 Å². The summed E-state index contributed by atoms with van der Waals surface area (Å²) in [7, 11) is -1.16. The van der Waals surface area contributed by atoms with E-state index in [1.807, 2.05) is 6.92 Å². The molecular formula is C27H28BrN3O6S. The Balaban J connectivity index is 1.87. The first-order valence-electron chi connectivity index (χ1n) is 11.4. The van der Waals surface area contributed by atoms with Gasteiger partial charge in [-0.3, -0.25) is 9.10 Å². The van der Waals surface area contributed by atoms with Gasteiger partial charge in [-0.15, -0.1) is 0 Å². The van der Waals surface area contributed by atoms with Crippen LogP contribution in [0.25, 0.3) is 0 Å². The van der Waals surface area contributed by atoms with Gasteiger partial charge in [0.15, 0.2) is 11.5 Å². The zero-order chi connectivity index (χ0) is 27.7. The number of sulfonamides is 1. The molecule has 3 aromatic carbocycles. The highest BCUT2D eigenvalue weighted by Crippen LogP contribution is 2.36. The van der Waals surface area contributed by atoms with Gasteiger partial charge in [0.25, 0.3) is 15.9 Å². The summed E-state index contributed by atoms with van der Waals surface area (Å²) in [5.41, 5.74) is 4.04. The Morgan fingerprint density at radius 2 is 1.79 bits per heavy atom. The van der Waals surface area contributed by atoms with Gasteiger partial charge in [-0.05, 0) is 70.4 Å². The molecule has 0 spiro atoms. The summed E-state index contributed by atoms with van der Waals surface area (Å²) in [5.74, 6) is 0.617. The number of nitrogens with one attached hydrogen (secondary N) is 1. The van der Waals surface area contributed by atoms with Crippen LogP contribution in [0.1, 0.15) is 11.1 Å². The first-order chi connectivity index (χ1) is 18.2. The molecule has 200 valence electrons. The number of methoxy groups -OCH3 is 2. The highest BCUT2D eigenvalue weighted by molar-refractivity contribution is 9.10. The van der Waals surface area contributed by atoms with Crippen LogP contribution >= 0.6 is 15.9 Å². The van der Waals surface area contributed by atoms with Gasteiger partial charge in [0.05, 0.1) is 35.5 Å². The van der Waals surface area contributed by atoms with E-state index in [1.54, 1.807) is 54.6 Å². The summed E-state index contributed by atoms with van der Waals surface area (Å²) in [6.07, 6.45) is 3.02. The number of carbonyl (C=O) groups is 1. The molecule has 0 atom stereocenters. The predicted octanol–water partition coefficient (Wildman–Crippen LogP) is 4.69. The summed E-state index contributed by atoms with van der Waals surface area (Å²) >= 11 is 3.44. The number of halogens is 1. The van der Waals surface area contributed by atoms with Crippen molar-refractivity contribution in [2.75, 3.05) is 31.7 Å². The van der Waals surface area contributed by atoms with Gasteiger partial charge >= 0.3 is 0 Å². The summed E-state index contributed by atoms with van der Waals surface area (Å²) < 4.78 is 45.2. The number of hydrazone groups is 1. The maximum atomic E-state index is 13.6. The number of aryl methyl sites for hydroxylation is 1. The number of amides is 1. The summed E-state index contributed by atoms with van der Waals surface area (Å²) in [6, 6.07) is 16.4. The Bertz CT molecular complexity index is 1430. The Morgan fingerprint density at radius 1 is 1.08 bits per heavy atom. The monoisotopic (exact) mass is 601 g/mol. The van der Waals surface area contributed by atoms with Crippen LogP contribution in [0.5, 0.6) is 17.2 Å². The standard InChI is InChI=1S/C27H28BrN3O6S/c1-5-13-37-27-22(28)15-20(16-25(27)36-4)17-29-30-26(32)18-31(23-14-19(2)11-12-24(23)35-3)38(33,34)21-9-7-6-8-10-21/h5-12,14-17H,1,13,18H2,2-4H3,(H,30,32)/b29-17-. The maximum Gasteiger partial charge on any atom is 0.264 e. The summed E-state index contributed by atoms with van der Waals surface area (Å²) in [5, 5.41) is 4.00. The molecule has 9 nitrogen and oxygen atoms in total. The van der Waals surface area contributed by atoms with Crippen LogP contribution in [0, 0.1) is 6.92 Å². The third-order valence-corrected chi connectivity index (χ3v) is 7.58. The van der Waals surface area contributed by atoms with E-state index in [0.717, 1.165) is 9.87 Å². The number of hydrogen-bond donors (Lipinski definition) is 1. The lowest BCUT2D eigenvalue weighted by molar-refractivity contribution is -0.119. The van der Waals surface area contributed by atoms with Gasteiger partial charge in [-0.2, -0.15) is 5.10 Å². The number of hydrogen-bond acceptors (Lipinski definition) is 7. The van der Waals surface area contributed by atoms with E-state index < -0.39 is 22.5 Å². The number of nitrogens with zero attached hydrogens (tertiary/aromatic N) is 2. The fourth-order valence-corrected chi connectivity index (χ4v) is 5.47. The van der Waals surface area contributed by atoms with Crippen LogP contribution < -0.4 is 23.9 Å². The Morgan fingerprint density at radius 3 is 2.45 bits per heavy atom. The highest BCUT2D eigenvalue weighted by Gasteiger charge is 2.29. The summed E-state index contributed by atoms with van der Waals surface area (Å²) in [6.45, 7) is 5.22. The van der Waals surface area contributed by atoms with Crippen molar-refractivity contribution in [2.24, 2.45) is 5.10 Å². The minimum Gasteiger partial charge on any atom is -0.495 e. The number of carbonyl (C=O) groups excluding carboxylic acids is 1. The summed E-state index contributed by atoms with van der Waals surface area (Å²) in [4.78, 5) is 12.9. The third kappa shape index (κ3) is 6.93. The van der Waals surface area contributed by atoms with Crippen LogP contribution in [0.3, 0.4) is 0 Å². The van der Waals surface area contributed by atoms with Gasteiger partial charge in [0.1, 0.15) is 18.9 Å². The molecule has 0 aliphatic carbocycles. The molecule has 0 aromatic heterocycles. The normalized spacial score (nSPS) is 11.2. The van der Waals surface area contributed by atoms with E-state index in [-0.39, 0.29) is 10.6 Å². The van der Waals surface area contributed by atoms with E-state index in [1.165, 1.54) is 32.6 Å². The van der Waals surface area contributed by atoms with E-state index in [0.29, 0.717) is 33.9 Å². The topological polar surface area (TPSA) is 107 Å². The fraction of sp³-hybridized carbons (Fsp3) is 0.185. The Hall–Kier alpha value is -3.83. The minimum absolute atomic E-state index is 0.0376. The number of benzene rings is 3. The quantitative estimate of drug-likeness (QED) is 0.183. The van der Waals surface area contributed by atoms with E-state index >= 15 is 0 Å². The number of ether oxygens (including phenoxy) is 3. The Kier molecular flexibility index (Phi) is 9.91. The van der Waals surface area contributed by atoms with E-state index in [9.17, 15) is 13.2 Å². The van der Waals surface area contributed by atoms with Crippen molar-refractivity contribution in [1.82, 2.24) is 5.43 Å². The molecule has 11 heteroatoms. The van der Waals surface area contributed by atoms with Crippen molar-refractivity contribution in [3.05, 3.63) is 88.9 Å². The Labute approximate surface area is 230 Å². The van der Waals surface area contributed by atoms with Crippen LogP contribution in [0.4, 0.5) is 5.69 Å². The van der Waals surface area contributed by atoms with Gasteiger partial charge in [0.2, 0.25) is 0 Å². The first-order valence-corrected chi connectivity index (χ1v) is 13.6. The molecule has 0 fully saturated rings. The lowest BCUT2D eigenvalue weighted by Gasteiger charge is -2.25. The second-order valence-corrected chi connectivity index (χ2v) is 10.6. The molecule has 1 amide bonds. The number of anilines is 1. The van der Waals surface area contributed by atoms with Crippen molar-refractivity contribution in [3.8, 4) is 17.2 Å². The first kappa shape index (κ1) is 28.7. The zero-order valence-electron chi connectivity index (χ0n) is 21.2. The lowest BCUT2D eigenvalue weighted by atomic mass is 10.2. The second kappa shape index (κ2) is 13.1. The van der Waals surface area contributed by atoms with Crippen molar-refractivity contribution in [1.29, 1.82) is 0 Å². The average Bonchev–Trinajstić information content (AvgIpc) is 2.91. The molecule has 0 aliphatic rings. The molecule has 0 bridgehead atoms. The van der Waals surface area contributed by atoms with Crippen LogP contribution in [-0.4, -0.2) is 47.9 Å². The zero-order valence-corrected chi connectivity index (χ0v) is 23.6. The molecule has 0 unspecified atom stereocenters. The van der Waals surface area contributed by atoms with Crippen molar-refractivity contribution in [2.45, 2.75) is 11.8 Å². The minimum atomic E-state index is -4.11. The molecule has 0 saturated heterocycles. The van der Waals surface area contributed by atoms with E-state index in [2.05, 4.69) is 33.0 Å². The molecule has 38 heavy (non-hydrogen) atoms. The SMILES string of the molecule is C=CCOc1c(Br)cc(/C=N\NC(=O)CN(c2cc(C)ccc2OC)S(=O)(=O)c2ccccc2)cc1OC. The van der Waals surface area contributed by atoms with Crippen molar-refractivity contribution in [3.63, 3.8) is 0 Å². The average molecular weight is 603 g/mol. The molecule has 0 aliphatic heterocycles. The molecule has 0 heterocycles. The highest BCUT2D eigenvalue weighted by atomic mass is 79.9. The van der Waals surface area contributed by atoms with Crippen LogP contribution in [0.15, 0.2) is 87.8 Å². The lowest BCUT2D eigenvalue weighted by Crippen LogP contribution is -2.39. The van der Waals surface area contributed by atoms with Crippen LogP contribution in [0.2, 0.25) is 0 Å². The van der Waals surface area contributed by atoms with Gasteiger partial charge in [-0.1, -0.05) is 36.9 Å². The van der Waals surface area contributed by atoms with Gasteiger partial charge < -0.3 is 14.2 Å². The molecular weight excluding hydrogens is 574 g/mol. The predicted molar refractivity (Wildman–Crippen MR) is 151 cm³/mol. The molecule has 0 saturated carbocycles. The molecule has 3 aromatic rings. The molecule has 0 radical (unpaired) electrons. The van der Waals surface area contributed by atoms with Gasteiger partial charge in [0, 0.05) is 0 Å². The maximum absolute atomic E-state index is 13.6. The van der Waals surface area contributed by atoms with Crippen molar-refractivity contribution < 1.29 is 27.4 Å². The second-order valence-electron chi connectivity index (χ2n) is 7.93. The smallest absolute Gasteiger partial charge is 0.264 e. The van der Waals surface area contributed by atoms with Crippen LogP contribution in [-0.2, 0) is 14.8 Å². The molecule has 3 rings (SSSR count).